The number of carbonyl (C=O) groups is 3. The Morgan fingerprint density at radius 1 is 1.22 bits per heavy atom. The van der Waals surface area contributed by atoms with E-state index in [2.05, 4.69) is 6.92 Å². The van der Waals surface area contributed by atoms with Gasteiger partial charge in [-0.3, -0.25) is 4.79 Å². The van der Waals surface area contributed by atoms with Crippen LogP contribution in [0.3, 0.4) is 0 Å². The van der Waals surface area contributed by atoms with Crippen molar-refractivity contribution >= 4 is 17.7 Å². The van der Waals surface area contributed by atoms with E-state index in [-0.39, 0.29) is 102 Å². The van der Waals surface area contributed by atoms with Crippen molar-refractivity contribution in [3.05, 3.63) is 11.6 Å². The maximum absolute atomic E-state index is 12.3. The number of carboxylic acids is 2. The maximum atomic E-state index is 12.3. The van der Waals surface area contributed by atoms with Gasteiger partial charge in [-0.1, -0.05) is 19.4 Å². The number of hydrogen-bond acceptors (Lipinski definition) is 7. The first-order chi connectivity index (χ1) is 14.0. The molecule has 0 aromatic heterocycles. The molecule has 164 valence electrons. The molecule has 1 N–H and O–H groups in total. The molecule has 0 amide bonds. The van der Waals surface area contributed by atoms with Crippen molar-refractivity contribution in [2.24, 2.45) is 28.6 Å². The fourth-order valence-corrected chi connectivity index (χ4v) is 8.07. The van der Waals surface area contributed by atoms with Crippen molar-refractivity contribution < 1.29 is 93.6 Å². The molecule has 8 atom stereocenters. The SMILES string of the molecule is C[C@]12CCC(=O)C=C1C[C@@H](C(=O)[O-])C1C3CC[C@@](O)(CCC(=O)[O-])[C@@]3(C)C[C@@H]3O[C@@]132.[Na+].[Na+]. The fraction of sp³-hybridized carbons (Fsp3) is 0.783. The summed E-state index contributed by atoms with van der Waals surface area (Å²) >= 11 is 0. The van der Waals surface area contributed by atoms with E-state index in [0.29, 0.717) is 32.1 Å². The Bertz CT molecular complexity index is 890. The van der Waals surface area contributed by atoms with E-state index in [4.69, 9.17) is 4.74 Å². The summed E-state index contributed by atoms with van der Waals surface area (Å²) in [5.41, 5.74) is -2.00. The van der Waals surface area contributed by atoms with E-state index in [1.165, 1.54) is 0 Å². The third-order valence-corrected chi connectivity index (χ3v) is 9.74. The molecule has 1 spiro atoms. The molecule has 9 heteroatoms. The summed E-state index contributed by atoms with van der Waals surface area (Å²) in [5.74, 6) is -3.51. The van der Waals surface area contributed by atoms with Crippen LogP contribution in [0.15, 0.2) is 11.6 Å². The van der Waals surface area contributed by atoms with Crippen LogP contribution in [0, 0.1) is 28.6 Å². The molecule has 32 heavy (non-hydrogen) atoms. The Balaban J connectivity index is 0.00000144. The minimum Gasteiger partial charge on any atom is -0.550 e. The first-order valence-electron chi connectivity index (χ1n) is 11.0. The monoisotopic (exact) mass is 462 g/mol. The van der Waals surface area contributed by atoms with Gasteiger partial charge in [-0.05, 0) is 56.9 Å². The molecule has 0 bridgehead atoms. The maximum Gasteiger partial charge on any atom is 1.00 e. The average molecular weight is 462 g/mol. The molecule has 3 saturated carbocycles. The van der Waals surface area contributed by atoms with Crippen LogP contribution < -0.4 is 69.3 Å². The summed E-state index contributed by atoms with van der Waals surface area (Å²) in [5, 5.41) is 34.8. The molecular formula is C23H28Na2O7. The number of carboxylic acid groups (broad SMARTS) is 2. The standard InChI is InChI=1S/C23H30O7.2Na/c1-20-6-3-13(24)9-12(20)10-14(19(27)28)18-15-4-7-22(29,8-5-17(25)26)21(15,2)11-16-23(18,20)30-16;;/h9,14-16,18,29H,3-8,10-11H2,1-2H3,(H,25,26)(H,27,28);;/q;2*+1/p-2/t14-,15?,16+,18?,20+,21+,22-,23-;;/m1../s1. The van der Waals surface area contributed by atoms with Gasteiger partial charge < -0.3 is 29.6 Å². The molecule has 5 aliphatic rings. The quantitative estimate of drug-likeness (QED) is 0.325. The average Bonchev–Trinajstić information content (AvgIpc) is 3.32. The van der Waals surface area contributed by atoms with Gasteiger partial charge in [-0.15, -0.1) is 0 Å². The zero-order chi connectivity index (χ0) is 21.7. The molecule has 1 saturated heterocycles. The van der Waals surface area contributed by atoms with Crippen LogP contribution in [0.25, 0.3) is 0 Å². The Kier molecular flexibility index (Phi) is 7.08. The Labute approximate surface area is 232 Å². The van der Waals surface area contributed by atoms with Crippen LogP contribution in [0.4, 0.5) is 0 Å². The molecule has 2 unspecified atom stereocenters. The summed E-state index contributed by atoms with van der Waals surface area (Å²) in [7, 11) is 0. The van der Waals surface area contributed by atoms with Crippen molar-refractivity contribution in [2.75, 3.05) is 0 Å². The third kappa shape index (κ3) is 3.33. The predicted molar refractivity (Wildman–Crippen MR) is 99.3 cm³/mol. The number of hydrogen-bond donors (Lipinski definition) is 1. The second-order valence-corrected chi connectivity index (χ2v) is 10.7. The molecule has 4 fully saturated rings. The van der Waals surface area contributed by atoms with Crippen LogP contribution in [-0.4, -0.2) is 40.1 Å². The smallest absolute Gasteiger partial charge is 0.550 e. The summed E-state index contributed by atoms with van der Waals surface area (Å²) in [6.45, 7) is 4.07. The van der Waals surface area contributed by atoms with Crippen LogP contribution >= 0.6 is 0 Å². The number of ketones is 1. The molecule has 1 aliphatic heterocycles. The number of epoxide rings is 1. The van der Waals surface area contributed by atoms with Crippen LogP contribution in [-0.2, 0) is 19.1 Å². The number of aliphatic hydroxyl groups is 1. The molecule has 0 aromatic carbocycles. The minimum atomic E-state index is -1.19. The van der Waals surface area contributed by atoms with Crippen LogP contribution in [0.5, 0.6) is 0 Å². The topological polar surface area (TPSA) is 130 Å². The Morgan fingerprint density at radius 3 is 2.53 bits per heavy atom. The Morgan fingerprint density at radius 2 is 1.91 bits per heavy atom. The zero-order valence-electron chi connectivity index (χ0n) is 19.4. The first-order valence-corrected chi connectivity index (χ1v) is 11.0. The van der Waals surface area contributed by atoms with Crippen molar-refractivity contribution in [3.8, 4) is 0 Å². The zero-order valence-corrected chi connectivity index (χ0v) is 23.4. The molecule has 0 radical (unpaired) electrons. The molecular weight excluding hydrogens is 434 g/mol. The second-order valence-electron chi connectivity index (χ2n) is 10.7. The van der Waals surface area contributed by atoms with Crippen molar-refractivity contribution in [3.63, 3.8) is 0 Å². The third-order valence-electron chi connectivity index (χ3n) is 9.74. The summed E-state index contributed by atoms with van der Waals surface area (Å²) in [4.78, 5) is 35.4. The predicted octanol–water partition coefficient (Wildman–Crippen LogP) is -6.11. The van der Waals surface area contributed by atoms with E-state index < -0.39 is 39.9 Å². The summed E-state index contributed by atoms with van der Waals surface area (Å²) in [6.07, 6.45) is 4.27. The van der Waals surface area contributed by atoms with Crippen molar-refractivity contribution in [1.29, 1.82) is 0 Å². The molecule has 0 aromatic rings. The van der Waals surface area contributed by atoms with Gasteiger partial charge in [0, 0.05) is 41.0 Å². The van der Waals surface area contributed by atoms with Gasteiger partial charge in [0.2, 0.25) is 0 Å². The largest absolute Gasteiger partial charge is 1.00 e. The molecule has 4 aliphatic carbocycles. The van der Waals surface area contributed by atoms with Gasteiger partial charge in [-0.2, -0.15) is 0 Å². The second kappa shape index (κ2) is 8.44. The number of ether oxygens (including phenoxy) is 1. The summed E-state index contributed by atoms with van der Waals surface area (Å²) < 4.78 is 6.40. The van der Waals surface area contributed by atoms with Crippen molar-refractivity contribution in [1.82, 2.24) is 0 Å². The number of carbonyl (C=O) groups excluding carboxylic acids is 3. The minimum absolute atomic E-state index is 0. The first kappa shape index (κ1) is 26.9. The number of aliphatic carboxylic acids is 2. The number of rotatable bonds is 4. The Hall–Kier alpha value is 0.270. The van der Waals surface area contributed by atoms with Gasteiger partial charge in [-0.25, -0.2) is 0 Å². The van der Waals surface area contributed by atoms with Gasteiger partial charge in [0.1, 0.15) is 5.60 Å². The van der Waals surface area contributed by atoms with E-state index >= 15 is 0 Å². The molecule has 5 rings (SSSR count). The van der Waals surface area contributed by atoms with Crippen LogP contribution in [0.2, 0.25) is 0 Å². The van der Waals surface area contributed by atoms with E-state index in [0.717, 1.165) is 5.57 Å². The van der Waals surface area contributed by atoms with E-state index in [9.17, 15) is 29.7 Å². The normalized spacial score (nSPS) is 48.0. The fourth-order valence-electron chi connectivity index (χ4n) is 8.07. The van der Waals surface area contributed by atoms with Gasteiger partial charge >= 0.3 is 59.1 Å². The van der Waals surface area contributed by atoms with Crippen LogP contribution in [0.1, 0.15) is 65.2 Å². The molecule has 1 heterocycles. The van der Waals surface area contributed by atoms with Gasteiger partial charge in [0.25, 0.3) is 0 Å². The number of fused-ring (bicyclic) bond motifs is 3. The van der Waals surface area contributed by atoms with Gasteiger partial charge in [0.05, 0.1) is 11.7 Å². The van der Waals surface area contributed by atoms with E-state index in [1.807, 2.05) is 6.92 Å². The summed E-state index contributed by atoms with van der Waals surface area (Å²) in [6, 6.07) is 0. The molecule has 7 nitrogen and oxygen atoms in total. The van der Waals surface area contributed by atoms with Crippen molar-refractivity contribution in [2.45, 2.75) is 82.5 Å². The van der Waals surface area contributed by atoms with Gasteiger partial charge in [0.15, 0.2) is 5.78 Å². The van der Waals surface area contributed by atoms with E-state index in [1.54, 1.807) is 6.08 Å².